The highest BCUT2D eigenvalue weighted by Gasteiger charge is 2.42. The van der Waals surface area contributed by atoms with E-state index in [-0.39, 0.29) is 0 Å². The minimum absolute atomic E-state index is 0.306. The maximum atomic E-state index is 13.6. The number of ether oxygens (including phenoxy) is 1. The van der Waals surface area contributed by atoms with Gasteiger partial charge in [-0.05, 0) is 48.9 Å². The quantitative estimate of drug-likeness (QED) is 0.505. The number of carbonyl (C=O) groups is 2. The average Bonchev–Trinajstić information content (AvgIpc) is 3.05. The minimum Gasteiger partial charge on any atom is -0.494 e. The summed E-state index contributed by atoms with van der Waals surface area (Å²) in [4.78, 5) is 30.1. The van der Waals surface area contributed by atoms with Gasteiger partial charge >= 0.3 is 0 Å². The van der Waals surface area contributed by atoms with Gasteiger partial charge in [-0.25, -0.2) is 4.90 Å². The molecule has 1 aliphatic heterocycles. The van der Waals surface area contributed by atoms with Crippen LogP contribution < -0.4 is 14.5 Å². The van der Waals surface area contributed by atoms with Gasteiger partial charge in [0.15, 0.2) is 0 Å². The van der Waals surface area contributed by atoms with Crippen LogP contribution in [-0.4, -0.2) is 25.5 Å². The molecule has 1 aliphatic rings. The molecule has 0 saturated carbocycles. The summed E-state index contributed by atoms with van der Waals surface area (Å²) in [5, 5.41) is 0.556. The van der Waals surface area contributed by atoms with Crippen molar-refractivity contribution in [3.63, 3.8) is 0 Å². The number of benzene rings is 3. The summed E-state index contributed by atoms with van der Waals surface area (Å²) < 4.78 is 5.56. The molecule has 0 unspecified atom stereocenters. The Kier molecular flexibility index (Phi) is 5.78. The Morgan fingerprint density at radius 3 is 2.29 bits per heavy atom. The predicted molar refractivity (Wildman–Crippen MR) is 123 cm³/mol. The average molecular weight is 433 g/mol. The maximum absolute atomic E-state index is 13.6. The van der Waals surface area contributed by atoms with Crippen molar-refractivity contribution in [3.05, 3.63) is 95.1 Å². The highest BCUT2D eigenvalue weighted by molar-refractivity contribution is 6.46. The minimum atomic E-state index is -0.394. The molecule has 0 aromatic heterocycles. The van der Waals surface area contributed by atoms with Crippen molar-refractivity contribution in [3.8, 4) is 5.75 Å². The van der Waals surface area contributed by atoms with Gasteiger partial charge in [-0.3, -0.25) is 9.59 Å². The van der Waals surface area contributed by atoms with Crippen LogP contribution in [0.25, 0.3) is 5.57 Å². The van der Waals surface area contributed by atoms with Gasteiger partial charge in [-0.2, -0.15) is 0 Å². The van der Waals surface area contributed by atoms with Crippen molar-refractivity contribution in [1.29, 1.82) is 0 Å². The van der Waals surface area contributed by atoms with E-state index >= 15 is 0 Å². The third kappa shape index (κ3) is 3.92. The van der Waals surface area contributed by atoms with Crippen LogP contribution in [-0.2, 0) is 9.59 Å². The second-order valence-electron chi connectivity index (χ2n) is 7.00. The maximum Gasteiger partial charge on any atom is 0.282 e. The molecule has 2 amide bonds. The van der Waals surface area contributed by atoms with Crippen LogP contribution in [0.3, 0.4) is 0 Å². The second kappa shape index (κ2) is 8.66. The van der Waals surface area contributed by atoms with E-state index in [1.165, 1.54) is 4.90 Å². The van der Waals surface area contributed by atoms with Gasteiger partial charge in [0, 0.05) is 23.8 Å². The van der Waals surface area contributed by atoms with Crippen LogP contribution in [0.5, 0.6) is 5.75 Å². The van der Waals surface area contributed by atoms with E-state index in [1.54, 1.807) is 60.5 Å². The molecule has 0 fully saturated rings. The summed E-state index contributed by atoms with van der Waals surface area (Å²) in [6.07, 6.45) is 0. The van der Waals surface area contributed by atoms with E-state index in [2.05, 4.69) is 0 Å². The first-order chi connectivity index (χ1) is 15.0. The molecular weight excluding hydrogens is 412 g/mol. The van der Waals surface area contributed by atoms with Crippen LogP contribution in [0, 0.1) is 0 Å². The summed E-state index contributed by atoms with van der Waals surface area (Å²) in [6.45, 7) is 2.37. The van der Waals surface area contributed by atoms with Crippen molar-refractivity contribution in [2.75, 3.05) is 23.5 Å². The zero-order chi connectivity index (χ0) is 22.0. The van der Waals surface area contributed by atoms with Gasteiger partial charge in [-0.1, -0.05) is 48.0 Å². The number of hydrogen-bond donors (Lipinski definition) is 0. The summed E-state index contributed by atoms with van der Waals surface area (Å²) in [5.41, 5.74) is 2.53. The number of hydrogen-bond acceptors (Lipinski definition) is 4. The number of rotatable bonds is 6. The normalized spacial score (nSPS) is 13.7. The molecule has 0 N–H and O–H groups in total. The number of nitrogens with zero attached hydrogens (tertiary/aromatic N) is 2. The first kappa shape index (κ1) is 20.7. The molecule has 31 heavy (non-hydrogen) atoms. The Labute approximate surface area is 186 Å². The van der Waals surface area contributed by atoms with Gasteiger partial charge in [0.2, 0.25) is 0 Å². The lowest BCUT2D eigenvalue weighted by Crippen LogP contribution is -2.34. The Morgan fingerprint density at radius 2 is 1.61 bits per heavy atom. The van der Waals surface area contributed by atoms with Crippen LogP contribution in [0.2, 0.25) is 5.02 Å². The highest BCUT2D eigenvalue weighted by Crippen LogP contribution is 2.37. The molecule has 4 rings (SSSR count). The Balaban J connectivity index is 1.84. The van der Waals surface area contributed by atoms with Crippen molar-refractivity contribution in [2.24, 2.45) is 0 Å². The fourth-order valence-electron chi connectivity index (χ4n) is 3.60. The molecule has 3 aromatic rings. The molecule has 0 saturated heterocycles. The SMILES string of the molecule is CCOc1cccc(N2C(=O)C(c3ccc(Cl)cc3)=C(N(C)c3ccccc3)C2=O)c1. The molecule has 0 radical (unpaired) electrons. The number of anilines is 2. The Bertz CT molecular complexity index is 1160. The van der Waals surface area contributed by atoms with E-state index < -0.39 is 11.8 Å². The molecule has 0 atom stereocenters. The largest absolute Gasteiger partial charge is 0.494 e. The lowest BCUT2D eigenvalue weighted by Gasteiger charge is -2.21. The molecule has 0 spiro atoms. The fourth-order valence-corrected chi connectivity index (χ4v) is 3.73. The number of halogens is 1. The fraction of sp³-hybridized carbons (Fsp3) is 0.120. The van der Waals surface area contributed by atoms with Gasteiger partial charge < -0.3 is 9.64 Å². The molecule has 6 heteroatoms. The summed E-state index contributed by atoms with van der Waals surface area (Å²) in [5.74, 6) is -0.188. The predicted octanol–water partition coefficient (Wildman–Crippen LogP) is 5.16. The molecular formula is C25H21ClN2O3. The van der Waals surface area contributed by atoms with E-state index in [0.29, 0.717) is 39.9 Å². The van der Waals surface area contributed by atoms with Crippen molar-refractivity contribution < 1.29 is 14.3 Å². The summed E-state index contributed by atoms with van der Waals surface area (Å²) >= 11 is 6.05. The molecule has 156 valence electrons. The first-order valence-corrected chi connectivity index (χ1v) is 10.3. The van der Waals surface area contributed by atoms with Crippen LogP contribution in [0.4, 0.5) is 11.4 Å². The molecule has 0 bridgehead atoms. The zero-order valence-electron chi connectivity index (χ0n) is 17.2. The van der Waals surface area contributed by atoms with Gasteiger partial charge in [0.25, 0.3) is 11.8 Å². The summed E-state index contributed by atoms with van der Waals surface area (Å²) in [7, 11) is 1.78. The van der Waals surface area contributed by atoms with Crippen LogP contribution in [0.15, 0.2) is 84.6 Å². The van der Waals surface area contributed by atoms with Gasteiger partial charge in [0.1, 0.15) is 11.4 Å². The third-order valence-electron chi connectivity index (χ3n) is 5.06. The van der Waals surface area contributed by atoms with Crippen LogP contribution >= 0.6 is 11.6 Å². The number of para-hydroxylation sites is 1. The van der Waals surface area contributed by atoms with E-state index in [1.807, 2.05) is 37.3 Å². The number of carbonyl (C=O) groups excluding carboxylic acids is 2. The van der Waals surface area contributed by atoms with E-state index in [0.717, 1.165) is 5.69 Å². The lowest BCUT2D eigenvalue weighted by molar-refractivity contribution is -0.120. The molecule has 5 nitrogen and oxygen atoms in total. The van der Waals surface area contributed by atoms with Crippen LogP contribution in [0.1, 0.15) is 12.5 Å². The number of amides is 2. The van der Waals surface area contributed by atoms with Crippen molar-refractivity contribution >= 4 is 40.4 Å². The molecule has 3 aromatic carbocycles. The Hall–Kier alpha value is -3.57. The monoisotopic (exact) mass is 432 g/mol. The van der Waals surface area contributed by atoms with Crippen molar-refractivity contribution in [1.82, 2.24) is 0 Å². The third-order valence-corrected chi connectivity index (χ3v) is 5.31. The van der Waals surface area contributed by atoms with E-state index in [4.69, 9.17) is 16.3 Å². The first-order valence-electron chi connectivity index (χ1n) is 9.92. The zero-order valence-corrected chi connectivity index (χ0v) is 18.0. The summed E-state index contributed by atoms with van der Waals surface area (Å²) in [6, 6.07) is 23.4. The number of imide groups is 1. The topological polar surface area (TPSA) is 49.9 Å². The second-order valence-corrected chi connectivity index (χ2v) is 7.44. The Morgan fingerprint density at radius 1 is 0.903 bits per heavy atom. The lowest BCUT2D eigenvalue weighted by atomic mass is 10.0. The standard InChI is InChI=1S/C25H21ClN2O3/c1-3-31-21-11-7-10-20(16-21)28-24(29)22(17-12-14-18(26)15-13-17)23(25(28)30)27(2)19-8-5-4-6-9-19/h4-16H,3H2,1-2H3. The van der Waals surface area contributed by atoms with Gasteiger partial charge in [-0.15, -0.1) is 0 Å². The molecule has 0 aliphatic carbocycles. The smallest absolute Gasteiger partial charge is 0.282 e. The molecule has 1 heterocycles. The highest BCUT2D eigenvalue weighted by atomic mass is 35.5. The van der Waals surface area contributed by atoms with Gasteiger partial charge in [0.05, 0.1) is 17.9 Å². The van der Waals surface area contributed by atoms with E-state index in [9.17, 15) is 9.59 Å². The number of likely N-dealkylation sites (N-methyl/N-ethyl adjacent to an activating group) is 1. The van der Waals surface area contributed by atoms with Crippen molar-refractivity contribution in [2.45, 2.75) is 6.92 Å².